The molecule has 0 radical (unpaired) electrons. The maximum atomic E-state index is 11.7. The van der Waals surface area contributed by atoms with Gasteiger partial charge in [-0.3, -0.25) is 35.9 Å². The molecule has 0 spiro atoms. The van der Waals surface area contributed by atoms with Crippen LogP contribution in [0.15, 0.2) is 46.9 Å². The lowest BCUT2D eigenvalue weighted by molar-refractivity contribution is -0.393. The number of hydrazine groups is 1. The smallest absolute Gasteiger partial charge is 0.300 e. The molecular formula is C14H11BrN4O6. The van der Waals surface area contributed by atoms with Crippen LogP contribution < -0.4 is 15.6 Å². The summed E-state index contributed by atoms with van der Waals surface area (Å²) in [6.07, 6.45) is 0. The van der Waals surface area contributed by atoms with E-state index in [0.717, 1.165) is 22.7 Å². The second-order valence-corrected chi connectivity index (χ2v) is 5.55. The van der Waals surface area contributed by atoms with Gasteiger partial charge in [0.1, 0.15) is 11.4 Å². The van der Waals surface area contributed by atoms with Crippen molar-refractivity contribution in [2.75, 3.05) is 12.0 Å². The van der Waals surface area contributed by atoms with Gasteiger partial charge in [0.25, 0.3) is 11.6 Å². The number of rotatable bonds is 7. The van der Waals surface area contributed by atoms with Gasteiger partial charge < -0.3 is 4.74 Å². The molecule has 0 aliphatic rings. The Morgan fingerprint density at radius 2 is 1.76 bits per heavy atom. The zero-order chi connectivity index (χ0) is 18.4. The molecule has 2 aromatic carbocycles. The van der Waals surface area contributed by atoms with Gasteiger partial charge >= 0.3 is 5.69 Å². The van der Waals surface area contributed by atoms with Gasteiger partial charge in [-0.15, -0.1) is 0 Å². The number of ether oxygens (including phenoxy) is 1. The van der Waals surface area contributed by atoms with Gasteiger partial charge in [0.05, 0.1) is 15.9 Å². The van der Waals surface area contributed by atoms with Gasteiger partial charge in [-0.05, 0) is 30.3 Å². The Kier molecular flexibility index (Phi) is 5.84. The van der Waals surface area contributed by atoms with Crippen molar-refractivity contribution in [3.05, 3.63) is 67.2 Å². The molecule has 25 heavy (non-hydrogen) atoms. The van der Waals surface area contributed by atoms with Crippen molar-refractivity contribution in [1.29, 1.82) is 0 Å². The maximum Gasteiger partial charge on any atom is 0.300 e. The van der Waals surface area contributed by atoms with Gasteiger partial charge in [-0.1, -0.05) is 15.9 Å². The first kappa shape index (κ1) is 18.1. The predicted molar refractivity (Wildman–Crippen MR) is 91.2 cm³/mol. The molecule has 11 heteroatoms. The Hall–Kier alpha value is -3.21. The summed E-state index contributed by atoms with van der Waals surface area (Å²) in [7, 11) is 0. The zero-order valence-electron chi connectivity index (χ0n) is 12.5. The molecule has 0 unspecified atom stereocenters. The Bertz CT molecular complexity index is 811. The molecule has 0 heterocycles. The summed E-state index contributed by atoms with van der Waals surface area (Å²) >= 11 is 3.27. The minimum Gasteiger partial charge on any atom is -0.484 e. The van der Waals surface area contributed by atoms with Crippen molar-refractivity contribution < 1.29 is 19.4 Å². The van der Waals surface area contributed by atoms with Crippen LogP contribution >= 0.6 is 15.9 Å². The summed E-state index contributed by atoms with van der Waals surface area (Å²) in [6.45, 7) is -0.324. The average molecular weight is 411 g/mol. The fourth-order valence-electron chi connectivity index (χ4n) is 1.74. The number of anilines is 1. The fraction of sp³-hybridized carbons (Fsp3) is 0.0714. The third-order valence-corrected chi connectivity index (χ3v) is 3.44. The number of nitro benzene ring substituents is 2. The van der Waals surface area contributed by atoms with Gasteiger partial charge in [0.2, 0.25) is 0 Å². The normalized spacial score (nSPS) is 9.96. The third kappa shape index (κ3) is 5.14. The highest BCUT2D eigenvalue weighted by Gasteiger charge is 2.19. The maximum absolute atomic E-state index is 11.7. The van der Waals surface area contributed by atoms with Crippen LogP contribution in [-0.4, -0.2) is 22.4 Å². The number of hydrogen-bond acceptors (Lipinski definition) is 7. The average Bonchev–Trinajstić information content (AvgIpc) is 2.59. The molecule has 0 saturated carbocycles. The van der Waals surface area contributed by atoms with E-state index in [1.54, 1.807) is 24.3 Å². The van der Waals surface area contributed by atoms with E-state index >= 15 is 0 Å². The number of nitrogens with one attached hydrogen (secondary N) is 2. The minimum absolute atomic E-state index is 0.0902. The quantitative estimate of drug-likeness (QED) is 0.528. The van der Waals surface area contributed by atoms with Crippen LogP contribution in [-0.2, 0) is 4.79 Å². The van der Waals surface area contributed by atoms with Crippen LogP contribution in [0.5, 0.6) is 5.75 Å². The number of nitro groups is 2. The lowest BCUT2D eigenvalue weighted by Gasteiger charge is -2.10. The monoisotopic (exact) mass is 410 g/mol. The van der Waals surface area contributed by atoms with E-state index in [1.807, 2.05) is 0 Å². The van der Waals surface area contributed by atoms with E-state index < -0.39 is 27.1 Å². The number of carbonyl (C=O) groups is 1. The van der Waals surface area contributed by atoms with Crippen molar-refractivity contribution in [2.45, 2.75) is 0 Å². The second kappa shape index (κ2) is 8.06. The number of nitrogens with zero attached hydrogens (tertiary/aromatic N) is 2. The van der Waals surface area contributed by atoms with Crippen LogP contribution in [0.1, 0.15) is 0 Å². The topological polar surface area (TPSA) is 137 Å². The molecule has 10 nitrogen and oxygen atoms in total. The first-order chi connectivity index (χ1) is 11.9. The summed E-state index contributed by atoms with van der Waals surface area (Å²) < 4.78 is 6.10. The van der Waals surface area contributed by atoms with Gasteiger partial charge in [0, 0.05) is 10.5 Å². The molecule has 0 aliphatic heterocycles. The van der Waals surface area contributed by atoms with E-state index in [9.17, 15) is 25.0 Å². The predicted octanol–water partition coefficient (Wildman–Crippen LogP) is 2.79. The fourth-order valence-corrected chi connectivity index (χ4v) is 2.01. The van der Waals surface area contributed by atoms with Crippen molar-refractivity contribution >= 4 is 38.9 Å². The largest absolute Gasteiger partial charge is 0.484 e. The van der Waals surface area contributed by atoms with E-state index in [1.165, 1.54) is 0 Å². The highest BCUT2D eigenvalue weighted by atomic mass is 79.9. The molecule has 2 aromatic rings. The summed E-state index contributed by atoms with van der Waals surface area (Å²) in [5, 5.41) is 21.6. The Morgan fingerprint density at radius 3 is 2.36 bits per heavy atom. The Labute approximate surface area is 149 Å². The molecule has 0 aliphatic carbocycles. The highest BCUT2D eigenvalue weighted by molar-refractivity contribution is 9.10. The summed E-state index contributed by atoms with van der Waals surface area (Å²) in [5.41, 5.74) is 3.52. The van der Waals surface area contributed by atoms with Gasteiger partial charge in [0.15, 0.2) is 6.61 Å². The van der Waals surface area contributed by atoms with Gasteiger partial charge in [-0.25, -0.2) is 0 Å². The first-order valence-electron chi connectivity index (χ1n) is 6.73. The first-order valence-corrected chi connectivity index (χ1v) is 7.52. The minimum atomic E-state index is -0.792. The standard InChI is InChI=1S/C14H11BrN4O6/c15-9-1-4-11(5-2-9)25-8-14(20)17-16-12-6-3-10(18(21)22)7-13(12)19(23)24/h1-7,16H,8H2,(H,17,20). The van der Waals surface area contributed by atoms with Crippen LogP contribution in [0.2, 0.25) is 0 Å². The molecule has 2 N–H and O–H groups in total. The zero-order valence-corrected chi connectivity index (χ0v) is 14.1. The molecule has 130 valence electrons. The second-order valence-electron chi connectivity index (χ2n) is 4.63. The van der Waals surface area contributed by atoms with Gasteiger partial charge in [-0.2, -0.15) is 0 Å². The van der Waals surface area contributed by atoms with Crippen molar-refractivity contribution in [1.82, 2.24) is 5.43 Å². The third-order valence-electron chi connectivity index (χ3n) is 2.91. The van der Waals surface area contributed by atoms with E-state index in [4.69, 9.17) is 4.74 Å². The van der Waals surface area contributed by atoms with E-state index in [2.05, 4.69) is 26.8 Å². The summed E-state index contributed by atoms with van der Waals surface area (Å²) in [5.74, 6) is -0.116. The number of hydrogen-bond donors (Lipinski definition) is 2. The van der Waals surface area contributed by atoms with E-state index in [0.29, 0.717) is 5.75 Å². The molecule has 0 bridgehead atoms. The molecule has 2 rings (SSSR count). The van der Waals surface area contributed by atoms with Crippen molar-refractivity contribution in [2.24, 2.45) is 0 Å². The highest BCUT2D eigenvalue weighted by Crippen LogP contribution is 2.28. The Morgan fingerprint density at radius 1 is 1.08 bits per heavy atom. The van der Waals surface area contributed by atoms with Crippen LogP contribution in [0.25, 0.3) is 0 Å². The van der Waals surface area contributed by atoms with Crippen molar-refractivity contribution in [3.63, 3.8) is 0 Å². The molecule has 0 saturated heterocycles. The molecule has 0 aromatic heterocycles. The van der Waals surface area contributed by atoms with Crippen LogP contribution in [0.4, 0.5) is 17.1 Å². The van der Waals surface area contributed by atoms with Crippen LogP contribution in [0, 0.1) is 20.2 Å². The summed E-state index contributed by atoms with van der Waals surface area (Å²) in [6, 6.07) is 9.81. The van der Waals surface area contributed by atoms with Crippen LogP contribution in [0.3, 0.4) is 0 Å². The number of benzene rings is 2. The number of amides is 1. The number of carbonyl (C=O) groups excluding carboxylic acids is 1. The Balaban J connectivity index is 1.95. The molecule has 0 atom stereocenters. The number of non-ortho nitro benzene ring substituents is 1. The lowest BCUT2D eigenvalue weighted by Crippen LogP contribution is -2.33. The van der Waals surface area contributed by atoms with E-state index in [-0.39, 0.29) is 12.3 Å². The van der Waals surface area contributed by atoms with Crippen molar-refractivity contribution in [3.8, 4) is 5.75 Å². The molecule has 1 amide bonds. The SMILES string of the molecule is O=C(COc1ccc(Br)cc1)NNc1ccc([N+](=O)[O-])cc1[N+](=O)[O-]. The lowest BCUT2D eigenvalue weighted by atomic mass is 10.2. The summed E-state index contributed by atoms with van der Waals surface area (Å²) in [4.78, 5) is 31.8. The molecule has 0 fully saturated rings. The number of halogens is 1. The molecular weight excluding hydrogens is 400 g/mol.